The molecule has 126 valence electrons. The molecule has 1 aliphatic heterocycles. The average molecular weight is 325 g/mol. The van der Waals surface area contributed by atoms with Gasteiger partial charge in [-0.05, 0) is 54.7 Å². The molecule has 0 aromatic heterocycles. The van der Waals surface area contributed by atoms with Crippen molar-refractivity contribution in [1.82, 2.24) is 4.90 Å². The molecule has 1 aliphatic rings. The zero-order valence-electron chi connectivity index (χ0n) is 14.4. The standard InChI is InChI=1S/C20H23NO3/c1-20(2,3)24-19(23)21-11-15-9-8-14(10-17(15)12-21)18-7-5-4-6-16(18)13-22/h4-10,22H,11-13H2,1-3H3. The van der Waals surface area contributed by atoms with E-state index in [0.717, 1.165) is 27.8 Å². The molecule has 3 rings (SSSR count). The molecule has 0 bridgehead atoms. The first kappa shape index (κ1) is 16.5. The topological polar surface area (TPSA) is 49.8 Å². The van der Waals surface area contributed by atoms with Gasteiger partial charge in [-0.2, -0.15) is 0 Å². The first-order valence-corrected chi connectivity index (χ1v) is 8.16. The van der Waals surface area contributed by atoms with Crippen LogP contribution < -0.4 is 0 Å². The second kappa shape index (κ2) is 6.29. The van der Waals surface area contributed by atoms with Crippen LogP contribution in [-0.2, 0) is 24.4 Å². The van der Waals surface area contributed by atoms with Crippen molar-refractivity contribution in [2.75, 3.05) is 0 Å². The smallest absolute Gasteiger partial charge is 0.410 e. The van der Waals surface area contributed by atoms with Crippen LogP contribution in [0.15, 0.2) is 42.5 Å². The van der Waals surface area contributed by atoms with E-state index in [-0.39, 0.29) is 12.7 Å². The number of nitrogens with zero attached hydrogens (tertiary/aromatic N) is 1. The minimum atomic E-state index is -0.489. The number of aliphatic hydroxyl groups is 1. The normalized spacial score (nSPS) is 13.8. The van der Waals surface area contributed by atoms with Gasteiger partial charge in [0.1, 0.15) is 5.60 Å². The molecule has 0 saturated heterocycles. The van der Waals surface area contributed by atoms with E-state index in [1.165, 1.54) is 0 Å². The van der Waals surface area contributed by atoms with Gasteiger partial charge in [0.2, 0.25) is 0 Å². The Kier molecular flexibility index (Phi) is 4.33. The zero-order valence-corrected chi connectivity index (χ0v) is 14.4. The van der Waals surface area contributed by atoms with Gasteiger partial charge >= 0.3 is 6.09 Å². The molecule has 0 atom stereocenters. The third kappa shape index (κ3) is 3.44. The summed E-state index contributed by atoms with van der Waals surface area (Å²) in [4.78, 5) is 14.0. The van der Waals surface area contributed by atoms with E-state index >= 15 is 0 Å². The summed E-state index contributed by atoms with van der Waals surface area (Å²) in [6.45, 7) is 6.76. The van der Waals surface area contributed by atoms with Crippen molar-refractivity contribution in [3.63, 3.8) is 0 Å². The van der Waals surface area contributed by atoms with Gasteiger partial charge in [-0.15, -0.1) is 0 Å². The number of ether oxygens (including phenoxy) is 1. The van der Waals surface area contributed by atoms with Crippen LogP contribution in [0, 0.1) is 0 Å². The van der Waals surface area contributed by atoms with E-state index in [4.69, 9.17) is 4.74 Å². The summed E-state index contributed by atoms with van der Waals surface area (Å²) in [6, 6.07) is 14.0. The van der Waals surface area contributed by atoms with Crippen LogP contribution in [0.5, 0.6) is 0 Å². The quantitative estimate of drug-likeness (QED) is 0.904. The monoisotopic (exact) mass is 325 g/mol. The maximum Gasteiger partial charge on any atom is 0.410 e. The predicted octanol–water partition coefficient (Wildman–Crippen LogP) is 4.10. The number of hydrogen-bond acceptors (Lipinski definition) is 3. The van der Waals surface area contributed by atoms with Crippen molar-refractivity contribution < 1.29 is 14.6 Å². The summed E-state index contributed by atoms with van der Waals surface area (Å²) in [5, 5.41) is 9.53. The SMILES string of the molecule is CC(C)(C)OC(=O)N1Cc2ccc(-c3ccccc3CO)cc2C1. The van der Waals surface area contributed by atoms with E-state index in [2.05, 4.69) is 12.1 Å². The largest absolute Gasteiger partial charge is 0.444 e. The second-order valence-electron chi connectivity index (χ2n) is 7.14. The van der Waals surface area contributed by atoms with Gasteiger partial charge in [-0.25, -0.2) is 4.79 Å². The number of rotatable bonds is 2. The lowest BCUT2D eigenvalue weighted by Gasteiger charge is -2.24. The van der Waals surface area contributed by atoms with E-state index < -0.39 is 5.60 Å². The molecule has 0 unspecified atom stereocenters. The number of carbonyl (C=O) groups excluding carboxylic acids is 1. The summed E-state index contributed by atoms with van der Waals surface area (Å²) >= 11 is 0. The minimum Gasteiger partial charge on any atom is -0.444 e. The van der Waals surface area contributed by atoms with Gasteiger partial charge < -0.3 is 9.84 Å². The van der Waals surface area contributed by atoms with Gasteiger partial charge in [0.15, 0.2) is 0 Å². The van der Waals surface area contributed by atoms with E-state index in [9.17, 15) is 9.90 Å². The van der Waals surface area contributed by atoms with Crippen molar-refractivity contribution in [1.29, 1.82) is 0 Å². The lowest BCUT2D eigenvalue weighted by molar-refractivity contribution is 0.0242. The molecule has 1 amide bonds. The highest BCUT2D eigenvalue weighted by Gasteiger charge is 2.27. The molecule has 4 heteroatoms. The molecule has 0 radical (unpaired) electrons. The van der Waals surface area contributed by atoms with Crippen LogP contribution in [0.4, 0.5) is 4.79 Å². The van der Waals surface area contributed by atoms with Crippen LogP contribution in [0.3, 0.4) is 0 Å². The third-order valence-electron chi connectivity index (χ3n) is 4.08. The molecule has 1 N–H and O–H groups in total. The van der Waals surface area contributed by atoms with Crippen molar-refractivity contribution in [3.05, 3.63) is 59.2 Å². The van der Waals surface area contributed by atoms with Gasteiger partial charge in [0, 0.05) is 13.1 Å². The summed E-state index contributed by atoms with van der Waals surface area (Å²) in [6.07, 6.45) is -0.281. The lowest BCUT2D eigenvalue weighted by atomic mass is 9.97. The fourth-order valence-corrected chi connectivity index (χ4v) is 2.96. The molecular formula is C20H23NO3. The zero-order chi connectivity index (χ0) is 17.3. The predicted molar refractivity (Wildman–Crippen MR) is 93.3 cm³/mol. The number of aliphatic hydroxyl groups excluding tert-OH is 1. The Morgan fingerprint density at radius 1 is 1.12 bits per heavy atom. The number of benzene rings is 2. The van der Waals surface area contributed by atoms with Crippen LogP contribution in [0.2, 0.25) is 0 Å². The molecule has 4 nitrogen and oxygen atoms in total. The highest BCUT2D eigenvalue weighted by Crippen LogP contribution is 2.31. The Morgan fingerprint density at radius 3 is 2.54 bits per heavy atom. The first-order valence-electron chi connectivity index (χ1n) is 8.16. The minimum absolute atomic E-state index is 0.0112. The summed E-state index contributed by atoms with van der Waals surface area (Å²) in [5.74, 6) is 0. The third-order valence-corrected chi connectivity index (χ3v) is 4.08. The molecule has 0 fully saturated rings. The lowest BCUT2D eigenvalue weighted by Crippen LogP contribution is -2.33. The summed E-state index contributed by atoms with van der Waals surface area (Å²) in [5.41, 5.74) is 4.77. The van der Waals surface area contributed by atoms with Crippen LogP contribution in [-0.4, -0.2) is 21.7 Å². The highest BCUT2D eigenvalue weighted by molar-refractivity contribution is 5.72. The maximum atomic E-state index is 12.3. The number of amides is 1. The number of fused-ring (bicyclic) bond motifs is 1. The molecule has 2 aromatic rings. The van der Waals surface area contributed by atoms with E-state index in [1.807, 2.05) is 51.1 Å². The maximum absolute atomic E-state index is 12.3. The summed E-state index contributed by atoms with van der Waals surface area (Å²) in [7, 11) is 0. The number of carbonyl (C=O) groups is 1. The molecule has 0 saturated carbocycles. The van der Waals surface area contributed by atoms with Gasteiger partial charge in [-0.1, -0.05) is 36.4 Å². The fraction of sp³-hybridized carbons (Fsp3) is 0.350. The van der Waals surface area contributed by atoms with Crippen LogP contribution >= 0.6 is 0 Å². The van der Waals surface area contributed by atoms with Crippen LogP contribution in [0.25, 0.3) is 11.1 Å². The van der Waals surface area contributed by atoms with Crippen molar-refractivity contribution >= 4 is 6.09 Å². The Balaban J connectivity index is 1.83. The van der Waals surface area contributed by atoms with Gasteiger partial charge in [-0.3, -0.25) is 4.90 Å². The second-order valence-corrected chi connectivity index (χ2v) is 7.14. The molecule has 0 spiro atoms. The Hall–Kier alpha value is -2.33. The highest BCUT2D eigenvalue weighted by atomic mass is 16.6. The van der Waals surface area contributed by atoms with E-state index in [1.54, 1.807) is 4.90 Å². The van der Waals surface area contributed by atoms with Gasteiger partial charge in [0.25, 0.3) is 0 Å². The van der Waals surface area contributed by atoms with Crippen molar-refractivity contribution in [2.24, 2.45) is 0 Å². The Morgan fingerprint density at radius 2 is 1.83 bits per heavy atom. The van der Waals surface area contributed by atoms with Crippen LogP contribution in [0.1, 0.15) is 37.5 Å². The molecule has 1 heterocycles. The van der Waals surface area contributed by atoms with Gasteiger partial charge in [0.05, 0.1) is 6.61 Å². The Labute approximate surface area is 142 Å². The average Bonchev–Trinajstić information content (AvgIpc) is 2.96. The Bertz CT molecular complexity index is 762. The first-order chi connectivity index (χ1) is 11.4. The summed E-state index contributed by atoms with van der Waals surface area (Å²) < 4.78 is 5.46. The van der Waals surface area contributed by atoms with Crippen molar-refractivity contribution in [3.8, 4) is 11.1 Å². The van der Waals surface area contributed by atoms with E-state index in [0.29, 0.717) is 13.1 Å². The number of hydrogen-bond donors (Lipinski definition) is 1. The molecule has 24 heavy (non-hydrogen) atoms. The van der Waals surface area contributed by atoms with Crippen molar-refractivity contribution in [2.45, 2.75) is 46.1 Å². The molecule has 0 aliphatic carbocycles. The fourth-order valence-electron chi connectivity index (χ4n) is 2.96. The molecular weight excluding hydrogens is 302 g/mol. The molecule has 2 aromatic carbocycles.